The fourth-order valence-corrected chi connectivity index (χ4v) is 3.00. The number of hydrogen-bond donors (Lipinski definition) is 4. The van der Waals surface area contributed by atoms with Gasteiger partial charge in [0.2, 0.25) is 0 Å². The van der Waals surface area contributed by atoms with E-state index in [1.807, 2.05) is 5.32 Å². The van der Waals surface area contributed by atoms with Gasteiger partial charge in [0.1, 0.15) is 34.9 Å². The standard InChI is InChI=1S/C20H20F3N3O5/c1-9-7-8-12(31-9)18(20(21,22)23)25-14-13(16(28)17(14)29)24-11-6-4-5-10(15(11)27)19(30)26(2)3/h4-8,18-19,24-25,27,30H,1-3H3/t18-,19?/m0/s1. The lowest BCUT2D eigenvalue weighted by molar-refractivity contribution is -0.147. The largest absolute Gasteiger partial charge is 0.505 e. The zero-order valence-corrected chi connectivity index (χ0v) is 16.7. The van der Waals surface area contributed by atoms with Crippen LogP contribution in [0.5, 0.6) is 5.75 Å². The number of para-hydroxylation sites is 1. The zero-order chi connectivity index (χ0) is 23.1. The second kappa shape index (κ2) is 8.08. The second-order valence-corrected chi connectivity index (χ2v) is 7.18. The predicted molar refractivity (Wildman–Crippen MR) is 107 cm³/mol. The van der Waals surface area contributed by atoms with Crippen molar-refractivity contribution in [2.45, 2.75) is 25.4 Å². The molecule has 166 valence electrons. The summed E-state index contributed by atoms with van der Waals surface area (Å²) in [4.78, 5) is 25.4. The Kier molecular flexibility index (Phi) is 5.83. The van der Waals surface area contributed by atoms with E-state index in [1.54, 1.807) is 14.1 Å². The molecule has 0 fully saturated rings. The molecular weight excluding hydrogens is 419 g/mol. The van der Waals surface area contributed by atoms with Gasteiger partial charge < -0.3 is 25.3 Å². The number of aryl methyl sites for hydroxylation is 1. The quantitative estimate of drug-likeness (QED) is 0.252. The Balaban J connectivity index is 1.95. The highest BCUT2D eigenvalue weighted by Crippen LogP contribution is 2.39. The molecular formula is C20H20F3N3O5. The van der Waals surface area contributed by atoms with Crippen molar-refractivity contribution >= 4 is 17.1 Å². The molecule has 3 aromatic rings. The number of aliphatic hydroxyl groups excluding tert-OH is 1. The number of phenolic OH excluding ortho intramolecular Hbond substituents is 1. The van der Waals surface area contributed by atoms with E-state index in [-0.39, 0.29) is 17.0 Å². The van der Waals surface area contributed by atoms with Crippen LogP contribution in [0.1, 0.15) is 29.4 Å². The van der Waals surface area contributed by atoms with Crippen LogP contribution in [0.2, 0.25) is 0 Å². The van der Waals surface area contributed by atoms with Crippen LogP contribution < -0.4 is 21.5 Å². The molecule has 2 aromatic carbocycles. The Morgan fingerprint density at radius 1 is 1.06 bits per heavy atom. The third-order valence-electron chi connectivity index (χ3n) is 4.67. The van der Waals surface area contributed by atoms with E-state index < -0.39 is 52.2 Å². The van der Waals surface area contributed by atoms with Crippen molar-refractivity contribution in [1.29, 1.82) is 0 Å². The summed E-state index contributed by atoms with van der Waals surface area (Å²) in [5.74, 6) is -0.643. The van der Waals surface area contributed by atoms with Gasteiger partial charge >= 0.3 is 6.18 Å². The molecule has 0 aliphatic rings. The summed E-state index contributed by atoms with van der Waals surface area (Å²) in [5, 5.41) is 25.1. The molecule has 1 aromatic heterocycles. The van der Waals surface area contributed by atoms with Crippen LogP contribution in [0, 0.1) is 6.92 Å². The molecule has 0 amide bonds. The van der Waals surface area contributed by atoms with Gasteiger partial charge in [0.05, 0.1) is 5.69 Å². The smallest absolute Gasteiger partial charge is 0.415 e. The minimum absolute atomic E-state index is 0.0639. The number of anilines is 3. The number of nitrogens with one attached hydrogen (secondary N) is 2. The number of phenols is 1. The Labute approximate surface area is 174 Å². The van der Waals surface area contributed by atoms with Crippen molar-refractivity contribution in [3.63, 3.8) is 0 Å². The molecule has 1 heterocycles. The van der Waals surface area contributed by atoms with Crippen molar-refractivity contribution in [3.8, 4) is 5.75 Å². The average molecular weight is 439 g/mol. The number of hydrogen-bond acceptors (Lipinski definition) is 8. The molecule has 2 atom stereocenters. The number of aromatic hydroxyl groups is 1. The maximum atomic E-state index is 13.6. The number of nitrogens with zero attached hydrogens (tertiary/aromatic N) is 1. The first-order chi connectivity index (χ1) is 14.4. The lowest BCUT2D eigenvalue weighted by Gasteiger charge is -2.24. The molecule has 0 aliphatic heterocycles. The van der Waals surface area contributed by atoms with Gasteiger partial charge in [-0.1, -0.05) is 12.1 Å². The molecule has 0 bridgehead atoms. The number of alkyl halides is 3. The lowest BCUT2D eigenvalue weighted by atomic mass is 10.1. The van der Waals surface area contributed by atoms with E-state index >= 15 is 0 Å². The Hall–Kier alpha value is -3.31. The molecule has 11 heteroatoms. The lowest BCUT2D eigenvalue weighted by Crippen LogP contribution is -2.40. The van der Waals surface area contributed by atoms with Crippen molar-refractivity contribution < 1.29 is 27.8 Å². The van der Waals surface area contributed by atoms with Crippen LogP contribution in [0.3, 0.4) is 0 Å². The van der Waals surface area contributed by atoms with Crippen LogP contribution in [-0.4, -0.2) is 35.4 Å². The first kappa shape index (κ1) is 22.4. The van der Waals surface area contributed by atoms with Crippen LogP contribution in [0.25, 0.3) is 0 Å². The summed E-state index contributed by atoms with van der Waals surface area (Å²) in [7, 11) is 3.13. The van der Waals surface area contributed by atoms with E-state index in [0.29, 0.717) is 0 Å². The highest BCUT2D eigenvalue weighted by Gasteiger charge is 2.44. The van der Waals surface area contributed by atoms with Gasteiger partial charge in [-0.3, -0.25) is 14.5 Å². The monoisotopic (exact) mass is 439 g/mol. The molecule has 0 saturated heterocycles. The van der Waals surface area contributed by atoms with Crippen LogP contribution in [-0.2, 0) is 0 Å². The number of benzene rings is 1. The second-order valence-electron chi connectivity index (χ2n) is 7.18. The number of halogens is 3. The topological polar surface area (TPSA) is 115 Å². The molecule has 0 radical (unpaired) electrons. The van der Waals surface area contributed by atoms with Gasteiger partial charge in [0.25, 0.3) is 10.9 Å². The molecule has 4 N–H and O–H groups in total. The summed E-state index contributed by atoms with van der Waals surface area (Å²) in [6, 6.07) is 4.35. The van der Waals surface area contributed by atoms with Crippen LogP contribution >= 0.6 is 0 Å². The van der Waals surface area contributed by atoms with Crippen LogP contribution in [0.4, 0.5) is 30.2 Å². The SMILES string of the molecule is Cc1ccc([C@H](Nc2c(Nc3cccc(C(O)N(C)C)c3O)c(=O)c2=O)C(F)(F)F)o1. The van der Waals surface area contributed by atoms with E-state index in [1.165, 1.54) is 36.1 Å². The van der Waals surface area contributed by atoms with E-state index in [0.717, 1.165) is 6.07 Å². The Morgan fingerprint density at radius 3 is 2.26 bits per heavy atom. The highest BCUT2D eigenvalue weighted by atomic mass is 19.4. The first-order valence-corrected chi connectivity index (χ1v) is 9.08. The summed E-state index contributed by atoms with van der Waals surface area (Å²) in [6.07, 6.45) is -6.00. The van der Waals surface area contributed by atoms with E-state index in [9.17, 15) is 33.0 Å². The molecule has 31 heavy (non-hydrogen) atoms. The zero-order valence-electron chi connectivity index (χ0n) is 16.7. The molecule has 0 saturated carbocycles. The van der Waals surface area contributed by atoms with E-state index in [2.05, 4.69) is 5.32 Å². The fourth-order valence-electron chi connectivity index (χ4n) is 3.00. The van der Waals surface area contributed by atoms with Gasteiger partial charge in [-0.2, -0.15) is 13.2 Å². The Morgan fingerprint density at radius 2 is 1.71 bits per heavy atom. The third kappa shape index (κ3) is 4.28. The molecule has 0 spiro atoms. The van der Waals surface area contributed by atoms with Crippen molar-refractivity contribution in [2.24, 2.45) is 0 Å². The highest BCUT2D eigenvalue weighted by molar-refractivity contribution is 5.81. The van der Waals surface area contributed by atoms with Crippen molar-refractivity contribution in [3.05, 3.63) is 67.9 Å². The number of aliphatic hydroxyl groups is 1. The fraction of sp³-hybridized carbons (Fsp3) is 0.300. The minimum atomic E-state index is -4.82. The molecule has 8 nitrogen and oxygen atoms in total. The summed E-state index contributed by atoms with van der Waals surface area (Å²) in [6.45, 7) is 1.47. The predicted octanol–water partition coefficient (Wildman–Crippen LogP) is 2.90. The summed E-state index contributed by atoms with van der Waals surface area (Å²) >= 11 is 0. The summed E-state index contributed by atoms with van der Waals surface area (Å²) in [5.41, 5.74) is -3.16. The summed E-state index contributed by atoms with van der Waals surface area (Å²) < 4.78 is 45.7. The number of rotatable bonds is 7. The third-order valence-corrected chi connectivity index (χ3v) is 4.67. The average Bonchev–Trinajstić information content (AvgIpc) is 3.12. The van der Waals surface area contributed by atoms with Crippen molar-refractivity contribution in [1.82, 2.24) is 4.90 Å². The normalized spacial score (nSPS) is 14.1. The van der Waals surface area contributed by atoms with Gasteiger partial charge in [0.15, 0.2) is 6.04 Å². The maximum Gasteiger partial charge on any atom is 0.415 e. The van der Waals surface area contributed by atoms with Gasteiger partial charge in [-0.15, -0.1) is 0 Å². The van der Waals surface area contributed by atoms with E-state index in [4.69, 9.17) is 4.42 Å². The Bertz CT molecular complexity index is 1160. The first-order valence-electron chi connectivity index (χ1n) is 9.08. The minimum Gasteiger partial charge on any atom is -0.505 e. The molecule has 3 rings (SSSR count). The van der Waals surface area contributed by atoms with Gasteiger partial charge in [-0.05, 0) is 39.2 Å². The van der Waals surface area contributed by atoms with Crippen molar-refractivity contribution in [2.75, 3.05) is 24.7 Å². The van der Waals surface area contributed by atoms with Crippen LogP contribution in [0.15, 0.2) is 44.3 Å². The van der Waals surface area contributed by atoms with Gasteiger partial charge in [0, 0.05) is 5.56 Å². The maximum absolute atomic E-state index is 13.6. The van der Waals surface area contributed by atoms with Gasteiger partial charge in [-0.25, -0.2) is 0 Å². The molecule has 1 unspecified atom stereocenters. The number of furan rings is 1. The molecule has 0 aliphatic carbocycles.